The van der Waals surface area contributed by atoms with Crippen molar-refractivity contribution in [2.24, 2.45) is 0 Å². The number of sulfonamides is 1. The van der Waals surface area contributed by atoms with Gasteiger partial charge in [-0.25, -0.2) is 13.2 Å². The highest BCUT2D eigenvalue weighted by Crippen LogP contribution is 2.20. The number of hydrogen-bond donors (Lipinski definition) is 1. The first-order valence-corrected chi connectivity index (χ1v) is 9.71. The third-order valence-electron chi connectivity index (χ3n) is 3.86. The fraction of sp³-hybridized carbons (Fsp3) is 0.263. The van der Waals surface area contributed by atoms with E-state index < -0.39 is 22.1 Å². The summed E-state index contributed by atoms with van der Waals surface area (Å²) in [5, 5.41) is 0. The van der Waals surface area contributed by atoms with Gasteiger partial charge >= 0.3 is 5.97 Å². The predicted molar refractivity (Wildman–Crippen MR) is 102 cm³/mol. The van der Waals surface area contributed by atoms with Crippen LogP contribution in [0.1, 0.15) is 22.8 Å². The van der Waals surface area contributed by atoms with Crippen molar-refractivity contribution in [1.29, 1.82) is 0 Å². The summed E-state index contributed by atoms with van der Waals surface area (Å²) in [5.41, 5.74) is 1.43. The lowest BCUT2D eigenvalue weighted by molar-refractivity contribution is -0.137. The van der Waals surface area contributed by atoms with E-state index in [0.717, 1.165) is 5.56 Å². The predicted octanol–water partition coefficient (Wildman–Crippen LogP) is 2.43. The highest BCUT2D eigenvalue weighted by Gasteiger charge is 2.21. The maximum Gasteiger partial charge on any atom is 0.338 e. The Bertz CT molecular complexity index is 937. The van der Waals surface area contributed by atoms with Crippen molar-refractivity contribution >= 4 is 27.6 Å². The summed E-state index contributed by atoms with van der Waals surface area (Å²) in [6.07, 6.45) is -0.932. The largest absolute Gasteiger partial charge is 0.449 e. The van der Waals surface area contributed by atoms with Crippen molar-refractivity contribution in [3.8, 4) is 0 Å². The molecule has 2 rings (SSSR count). The molecule has 2 aromatic rings. The van der Waals surface area contributed by atoms with Gasteiger partial charge in [-0.05, 0) is 49.7 Å². The van der Waals surface area contributed by atoms with Gasteiger partial charge < -0.3 is 9.64 Å². The van der Waals surface area contributed by atoms with Crippen LogP contribution < -0.4 is 4.72 Å². The maximum atomic E-state index is 12.5. The average molecular weight is 390 g/mol. The molecule has 1 N–H and O–H groups in total. The molecule has 0 unspecified atom stereocenters. The number of nitrogens with one attached hydrogen (secondary N) is 1. The molecule has 0 saturated heterocycles. The molecule has 0 spiro atoms. The Labute approximate surface area is 159 Å². The van der Waals surface area contributed by atoms with Crippen molar-refractivity contribution in [2.45, 2.75) is 24.8 Å². The number of carbonyl (C=O) groups is 2. The van der Waals surface area contributed by atoms with Crippen molar-refractivity contribution < 1.29 is 22.7 Å². The number of aryl methyl sites for hydroxylation is 1. The number of likely N-dealkylation sites (N-methyl/N-ethyl adjacent to an activating group) is 1. The highest BCUT2D eigenvalue weighted by molar-refractivity contribution is 7.92. The van der Waals surface area contributed by atoms with E-state index in [-0.39, 0.29) is 16.4 Å². The number of para-hydroxylation sites is 1. The number of benzene rings is 2. The monoisotopic (exact) mass is 390 g/mol. The Balaban J connectivity index is 2.13. The van der Waals surface area contributed by atoms with Crippen LogP contribution in [-0.2, 0) is 19.6 Å². The van der Waals surface area contributed by atoms with Gasteiger partial charge in [0.05, 0.1) is 16.1 Å². The minimum absolute atomic E-state index is 0.0136. The summed E-state index contributed by atoms with van der Waals surface area (Å²) >= 11 is 0. The van der Waals surface area contributed by atoms with Crippen molar-refractivity contribution in [3.63, 3.8) is 0 Å². The number of rotatable bonds is 6. The average Bonchev–Trinajstić information content (AvgIpc) is 2.62. The molecule has 0 saturated carbocycles. The fourth-order valence-electron chi connectivity index (χ4n) is 2.30. The summed E-state index contributed by atoms with van der Waals surface area (Å²) in [4.78, 5) is 25.2. The van der Waals surface area contributed by atoms with E-state index in [2.05, 4.69) is 4.72 Å². The minimum atomic E-state index is -3.79. The topological polar surface area (TPSA) is 92.8 Å². The highest BCUT2D eigenvalue weighted by atomic mass is 32.2. The van der Waals surface area contributed by atoms with E-state index in [0.29, 0.717) is 5.69 Å². The van der Waals surface area contributed by atoms with E-state index in [1.165, 1.54) is 36.1 Å². The molecule has 1 atom stereocenters. The number of ether oxygens (including phenoxy) is 1. The molecule has 0 aromatic heterocycles. The fourth-order valence-corrected chi connectivity index (χ4v) is 3.43. The summed E-state index contributed by atoms with van der Waals surface area (Å²) in [5.74, 6) is -1.04. The SMILES string of the molecule is Cc1ccccc1NS(=O)(=O)c1ccc(C(=O)O[C@@H](C)C(=O)N(C)C)cc1. The van der Waals surface area contributed by atoms with Crippen LogP contribution in [0.5, 0.6) is 0 Å². The Morgan fingerprint density at radius 2 is 1.63 bits per heavy atom. The molecule has 0 aliphatic heterocycles. The lowest BCUT2D eigenvalue weighted by Gasteiger charge is -2.17. The van der Waals surface area contributed by atoms with Gasteiger partial charge in [0.25, 0.3) is 15.9 Å². The summed E-state index contributed by atoms with van der Waals surface area (Å²) in [7, 11) is -0.662. The molecule has 8 heteroatoms. The zero-order valence-electron chi connectivity index (χ0n) is 15.6. The van der Waals surface area contributed by atoms with Gasteiger partial charge in [-0.2, -0.15) is 0 Å². The number of carbonyl (C=O) groups excluding carboxylic acids is 2. The van der Waals surface area contributed by atoms with E-state index in [4.69, 9.17) is 4.74 Å². The number of anilines is 1. The van der Waals surface area contributed by atoms with Crippen LogP contribution in [0.2, 0.25) is 0 Å². The Kier molecular flexibility index (Phi) is 6.22. The van der Waals surface area contributed by atoms with Crippen LogP contribution in [-0.4, -0.2) is 45.4 Å². The van der Waals surface area contributed by atoms with Gasteiger partial charge in [-0.1, -0.05) is 18.2 Å². The first-order chi connectivity index (χ1) is 12.6. The van der Waals surface area contributed by atoms with Crippen molar-refractivity contribution in [3.05, 3.63) is 59.7 Å². The molecule has 27 heavy (non-hydrogen) atoms. The summed E-state index contributed by atoms with van der Waals surface area (Å²) in [6, 6.07) is 12.3. The molecule has 0 bridgehead atoms. The normalized spacial score (nSPS) is 12.1. The van der Waals surface area contributed by atoms with E-state index in [1.807, 2.05) is 6.07 Å². The van der Waals surface area contributed by atoms with Crippen LogP contribution >= 0.6 is 0 Å². The Morgan fingerprint density at radius 1 is 1.04 bits per heavy atom. The molecular weight excluding hydrogens is 368 g/mol. The molecule has 0 fully saturated rings. The standard InChI is InChI=1S/C19H22N2O5S/c1-13-7-5-6-8-17(13)20-27(24,25)16-11-9-15(10-12-16)19(23)26-14(2)18(22)21(3)4/h5-12,14,20H,1-4H3/t14-/m0/s1. The number of hydrogen-bond acceptors (Lipinski definition) is 5. The molecule has 7 nitrogen and oxygen atoms in total. The van der Waals surface area contributed by atoms with E-state index in [1.54, 1.807) is 39.2 Å². The summed E-state index contributed by atoms with van der Waals surface area (Å²) < 4.78 is 32.6. The van der Waals surface area contributed by atoms with E-state index >= 15 is 0 Å². The first-order valence-electron chi connectivity index (χ1n) is 8.22. The lowest BCUT2D eigenvalue weighted by atomic mass is 10.2. The van der Waals surface area contributed by atoms with Crippen LogP contribution in [0.4, 0.5) is 5.69 Å². The van der Waals surface area contributed by atoms with Gasteiger partial charge in [-0.3, -0.25) is 9.52 Å². The number of esters is 1. The first kappa shape index (κ1) is 20.4. The molecule has 144 valence electrons. The third kappa shape index (κ3) is 5.07. The second-order valence-corrected chi connectivity index (χ2v) is 7.91. The van der Waals surface area contributed by atoms with Crippen molar-refractivity contribution in [2.75, 3.05) is 18.8 Å². The van der Waals surface area contributed by atoms with Gasteiger partial charge in [-0.15, -0.1) is 0 Å². The van der Waals surface area contributed by atoms with Crippen LogP contribution in [0.15, 0.2) is 53.4 Å². The van der Waals surface area contributed by atoms with Gasteiger partial charge in [0, 0.05) is 14.1 Å². The third-order valence-corrected chi connectivity index (χ3v) is 5.24. The van der Waals surface area contributed by atoms with Crippen molar-refractivity contribution in [1.82, 2.24) is 4.90 Å². The molecule has 2 aromatic carbocycles. The molecule has 0 radical (unpaired) electrons. The summed E-state index contributed by atoms with van der Waals surface area (Å²) in [6.45, 7) is 3.28. The molecule has 0 aliphatic rings. The maximum absolute atomic E-state index is 12.5. The molecule has 0 heterocycles. The van der Waals surface area contributed by atoms with Gasteiger partial charge in [0.2, 0.25) is 0 Å². The van der Waals surface area contributed by atoms with Gasteiger partial charge in [0.15, 0.2) is 6.10 Å². The van der Waals surface area contributed by atoms with Crippen LogP contribution in [0, 0.1) is 6.92 Å². The lowest BCUT2D eigenvalue weighted by Crippen LogP contribution is -2.34. The van der Waals surface area contributed by atoms with Crippen LogP contribution in [0.25, 0.3) is 0 Å². The number of nitrogens with zero attached hydrogens (tertiary/aromatic N) is 1. The second-order valence-electron chi connectivity index (χ2n) is 6.22. The zero-order valence-corrected chi connectivity index (χ0v) is 16.4. The second kappa shape index (κ2) is 8.22. The molecular formula is C19H22N2O5S. The zero-order chi connectivity index (χ0) is 20.2. The van der Waals surface area contributed by atoms with Crippen LogP contribution in [0.3, 0.4) is 0 Å². The van der Waals surface area contributed by atoms with E-state index in [9.17, 15) is 18.0 Å². The molecule has 1 amide bonds. The molecule has 0 aliphatic carbocycles. The minimum Gasteiger partial charge on any atom is -0.449 e. The smallest absolute Gasteiger partial charge is 0.338 e. The quantitative estimate of drug-likeness (QED) is 0.765. The Hall–Kier alpha value is -2.87. The Morgan fingerprint density at radius 3 is 2.19 bits per heavy atom. The number of amides is 1. The van der Waals surface area contributed by atoms with Gasteiger partial charge in [0.1, 0.15) is 0 Å².